The van der Waals surface area contributed by atoms with Gasteiger partial charge in [-0.15, -0.1) is 0 Å². The zero-order valence-electron chi connectivity index (χ0n) is 17.8. The van der Waals surface area contributed by atoms with Crippen molar-refractivity contribution in [3.8, 4) is 5.75 Å². The number of nitrogens with one attached hydrogen (secondary N) is 1. The Labute approximate surface area is 178 Å². The molecular weight excluding hydrogens is 382 g/mol. The Morgan fingerprint density at radius 3 is 2.60 bits per heavy atom. The molecule has 164 valence electrons. The third-order valence-corrected chi connectivity index (χ3v) is 6.57. The number of benzene rings is 1. The smallest absolute Gasteiger partial charge is 0.251 e. The molecule has 3 aliphatic rings. The van der Waals surface area contributed by atoms with E-state index in [0.717, 1.165) is 38.4 Å². The number of aryl methyl sites for hydroxylation is 1. The summed E-state index contributed by atoms with van der Waals surface area (Å²) in [5.41, 5.74) is 1.17. The molecule has 2 N–H and O–H groups in total. The lowest BCUT2D eigenvalue weighted by Gasteiger charge is -2.38. The number of ether oxygens (including phenoxy) is 1. The number of amides is 2. The first kappa shape index (κ1) is 21.1. The maximum atomic E-state index is 12.4. The maximum Gasteiger partial charge on any atom is 0.251 e. The van der Waals surface area contributed by atoms with Gasteiger partial charge in [-0.3, -0.25) is 9.59 Å². The minimum absolute atomic E-state index is 0.0483. The van der Waals surface area contributed by atoms with Crippen molar-refractivity contribution < 1.29 is 19.4 Å². The fraction of sp³-hybridized carbons (Fsp3) is 0.652. The molecule has 7 nitrogen and oxygen atoms in total. The second-order valence-corrected chi connectivity index (χ2v) is 9.13. The lowest BCUT2D eigenvalue weighted by atomic mass is 9.95. The predicted octanol–water partition coefficient (Wildman–Crippen LogP) is 1.78. The number of aromatic hydroxyl groups is 1. The molecule has 30 heavy (non-hydrogen) atoms. The first-order valence-electron chi connectivity index (χ1n) is 11.2. The highest BCUT2D eigenvalue weighted by Crippen LogP contribution is 2.31. The molecule has 0 aromatic heterocycles. The number of phenolic OH excluding ortho intramolecular Hbond substituents is 1. The summed E-state index contributed by atoms with van der Waals surface area (Å²) in [7, 11) is 0. The van der Waals surface area contributed by atoms with Gasteiger partial charge in [-0.2, -0.15) is 0 Å². The van der Waals surface area contributed by atoms with Crippen molar-refractivity contribution in [1.82, 2.24) is 15.1 Å². The molecule has 0 radical (unpaired) electrons. The molecule has 2 amide bonds. The minimum Gasteiger partial charge on any atom is -0.508 e. The van der Waals surface area contributed by atoms with Crippen LogP contribution in [0.3, 0.4) is 0 Å². The highest BCUT2D eigenvalue weighted by Gasteiger charge is 2.31. The average Bonchev–Trinajstić information content (AvgIpc) is 3.56. The average molecular weight is 416 g/mol. The van der Waals surface area contributed by atoms with E-state index >= 15 is 0 Å². The SMILES string of the molecule is Cc1cc(C(=O)NCC2CN(CC3CCN(CC4CC4)CC3)C(=O)CO2)ccc1O. The number of likely N-dealkylation sites (tertiary alicyclic amines) is 1. The van der Waals surface area contributed by atoms with E-state index in [0.29, 0.717) is 30.1 Å². The van der Waals surface area contributed by atoms with Gasteiger partial charge in [0.25, 0.3) is 5.91 Å². The van der Waals surface area contributed by atoms with Gasteiger partial charge < -0.3 is 25.0 Å². The summed E-state index contributed by atoms with van der Waals surface area (Å²) in [6, 6.07) is 4.79. The molecule has 2 heterocycles. The minimum atomic E-state index is -0.201. The predicted molar refractivity (Wildman–Crippen MR) is 113 cm³/mol. The van der Waals surface area contributed by atoms with E-state index in [-0.39, 0.29) is 30.3 Å². The third-order valence-electron chi connectivity index (χ3n) is 6.57. The molecule has 0 bridgehead atoms. The van der Waals surface area contributed by atoms with Crippen molar-refractivity contribution in [2.75, 3.05) is 45.9 Å². The number of morpholine rings is 1. The van der Waals surface area contributed by atoms with Gasteiger partial charge >= 0.3 is 0 Å². The monoisotopic (exact) mass is 415 g/mol. The standard InChI is InChI=1S/C23H33N3O4/c1-16-10-19(4-5-21(16)27)23(29)24-11-20-14-26(22(28)15-30-20)13-18-6-8-25(9-7-18)12-17-2-3-17/h4-5,10,17-18,20,27H,2-3,6-9,11-15H2,1H3,(H,24,29). The Hall–Kier alpha value is -2.12. The van der Waals surface area contributed by atoms with Gasteiger partial charge in [0.15, 0.2) is 0 Å². The molecule has 2 saturated heterocycles. The van der Waals surface area contributed by atoms with Crippen LogP contribution in [0.4, 0.5) is 0 Å². The van der Waals surface area contributed by atoms with Crippen LogP contribution in [0, 0.1) is 18.8 Å². The van der Waals surface area contributed by atoms with Gasteiger partial charge in [0.2, 0.25) is 5.91 Å². The lowest BCUT2D eigenvalue weighted by molar-refractivity contribution is -0.149. The van der Waals surface area contributed by atoms with Crippen LogP contribution in [0.25, 0.3) is 0 Å². The number of carbonyl (C=O) groups excluding carboxylic acids is 2. The summed E-state index contributed by atoms with van der Waals surface area (Å²) < 4.78 is 5.65. The normalized spacial score (nSPS) is 23.6. The second kappa shape index (κ2) is 9.35. The van der Waals surface area contributed by atoms with Crippen LogP contribution in [0.1, 0.15) is 41.6 Å². The Balaban J connectivity index is 1.22. The van der Waals surface area contributed by atoms with Crippen LogP contribution in [0.2, 0.25) is 0 Å². The Morgan fingerprint density at radius 2 is 1.90 bits per heavy atom. The summed E-state index contributed by atoms with van der Waals surface area (Å²) in [6.45, 7) is 7.07. The Bertz CT molecular complexity index is 772. The Morgan fingerprint density at radius 1 is 1.17 bits per heavy atom. The number of rotatable bonds is 7. The number of phenols is 1. The molecule has 0 spiro atoms. The van der Waals surface area contributed by atoms with Crippen LogP contribution in [-0.4, -0.2) is 78.7 Å². The molecule has 1 aromatic rings. The summed E-state index contributed by atoms with van der Waals surface area (Å²) in [4.78, 5) is 29.2. The summed E-state index contributed by atoms with van der Waals surface area (Å²) in [5, 5.41) is 12.5. The highest BCUT2D eigenvalue weighted by atomic mass is 16.5. The maximum absolute atomic E-state index is 12.4. The zero-order chi connectivity index (χ0) is 21.1. The number of nitrogens with zero attached hydrogens (tertiary/aromatic N) is 2. The topological polar surface area (TPSA) is 82.1 Å². The van der Waals surface area contributed by atoms with E-state index in [1.165, 1.54) is 25.5 Å². The third kappa shape index (κ3) is 5.52. The van der Waals surface area contributed by atoms with Gasteiger partial charge in [0, 0.05) is 31.7 Å². The molecule has 2 aliphatic heterocycles. The molecule has 1 aliphatic carbocycles. The van der Waals surface area contributed by atoms with Crippen molar-refractivity contribution in [2.45, 2.75) is 38.7 Å². The zero-order valence-corrected chi connectivity index (χ0v) is 17.8. The molecule has 1 unspecified atom stereocenters. The van der Waals surface area contributed by atoms with Crippen LogP contribution >= 0.6 is 0 Å². The van der Waals surface area contributed by atoms with E-state index in [1.54, 1.807) is 19.1 Å². The van der Waals surface area contributed by atoms with Crippen molar-refractivity contribution in [3.63, 3.8) is 0 Å². The van der Waals surface area contributed by atoms with Crippen molar-refractivity contribution in [1.29, 1.82) is 0 Å². The van der Waals surface area contributed by atoms with Crippen molar-refractivity contribution in [3.05, 3.63) is 29.3 Å². The van der Waals surface area contributed by atoms with Gasteiger partial charge in [-0.05, 0) is 81.3 Å². The van der Waals surface area contributed by atoms with Gasteiger partial charge in [-0.25, -0.2) is 0 Å². The molecule has 4 rings (SSSR count). The van der Waals surface area contributed by atoms with Crippen LogP contribution in [0.15, 0.2) is 18.2 Å². The second-order valence-electron chi connectivity index (χ2n) is 9.13. The quantitative estimate of drug-likeness (QED) is 0.710. The molecule has 1 aromatic carbocycles. The van der Waals surface area contributed by atoms with Gasteiger partial charge in [0.1, 0.15) is 12.4 Å². The molecule has 7 heteroatoms. The van der Waals surface area contributed by atoms with E-state index in [2.05, 4.69) is 10.2 Å². The fourth-order valence-electron chi connectivity index (χ4n) is 4.41. The number of hydrogen-bond acceptors (Lipinski definition) is 5. The Kier molecular flexibility index (Phi) is 6.58. The van der Waals surface area contributed by atoms with Gasteiger partial charge in [-0.1, -0.05) is 0 Å². The van der Waals surface area contributed by atoms with E-state index in [1.807, 2.05) is 4.90 Å². The van der Waals surface area contributed by atoms with Crippen molar-refractivity contribution in [2.24, 2.45) is 11.8 Å². The first-order chi connectivity index (χ1) is 14.5. The van der Waals surface area contributed by atoms with E-state index in [9.17, 15) is 14.7 Å². The number of piperidine rings is 1. The van der Waals surface area contributed by atoms with Crippen LogP contribution < -0.4 is 5.32 Å². The van der Waals surface area contributed by atoms with E-state index < -0.39 is 0 Å². The number of carbonyl (C=O) groups is 2. The molecule has 1 saturated carbocycles. The molecule has 3 fully saturated rings. The first-order valence-corrected chi connectivity index (χ1v) is 11.2. The van der Waals surface area contributed by atoms with Crippen LogP contribution in [-0.2, 0) is 9.53 Å². The number of hydrogen-bond donors (Lipinski definition) is 2. The van der Waals surface area contributed by atoms with Crippen LogP contribution in [0.5, 0.6) is 5.75 Å². The summed E-state index contributed by atoms with van der Waals surface area (Å²) in [5.74, 6) is 1.51. The summed E-state index contributed by atoms with van der Waals surface area (Å²) in [6.07, 6.45) is 4.90. The van der Waals surface area contributed by atoms with Gasteiger partial charge in [0.05, 0.1) is 6.10 Å². The summed E-state index contributed by atoms with van der Waals surface area (Å²) >= 11 is 0. The largest absolute Gasteiger partial charge is 0.508 e. The van der Waals surface area contributed by atoms with Crippen molar-refractivity contribution >= 4 is 11.8 Å². The molecular formula is C23H33N3O4. The molecule has 1 atom stereocenters. The van der Waals surface area contributed by atoms with E-state index in [4.69, 9.17) is 4.74 Å². The highest BCUT2D eigenvalue weighted by molar-refractivity contribution is 5.94. The lowest BCUT2D eigenvalue weighted by Crippen LogP contribution is -2.52. The fourth-order valence-corrected chi connectivity index (χ4v) is 4.41.